The minimum Gasteiger partial charge on any atom is -0.274 e. The number of nitrogens with zero attached hydrogens (tertiary/aromatic N) is 1. The molecule has 0 unspecified atom stereocenters. The van der Waals surface area contributed by atoms with E-state index in [1.165, 1.54) is 18.2 Å². The maximum atomic E-state index is 12.8. The highest BCUT2D eigenvalue weighted by molar-refractivity contribution is 7.94. The molecule has 10 heteroatoms. The molecule has 2 N–H and O–H groups in total. The molecule has 132 valence electrons. The van der Waals surface area contributed by atoms with Crippen LogP contribution in [0.25, 0.3) is 0 Å². The molecule has 0 saturated heterocycles. The quantitative estimate of drug-likeness (QED) is 0.767. The van der Waals surface area contributed by atoms with Crippen LogP contribution in [-0.2, 0) is 24.7 Å². The Labute approximate surface area is 145 Å². The van der Waals surface area contributed by atoms with Crippen LogP contribution in [0, 0.1) is 12.5 Å². The maximum absolute atomic E-state index is 12.8. The fourth-order valence-electron chi connectivity index (χ4n) is 2.09. The smallest absolute Gasteiger partial charge is 0.265 e. The molecule has 8 nitrogen and oxygen atoms in total. The van der Waals surface area contributed by atoms with Crippen LogP contribution in [0.2, 0.25) is 0 Å². The van der Waals surface area contributed by atoms with Gasteiger partial charge in [-0.15, -0.1) is 0 Å². The van der Waals surface area contributed by atoms with E-state index in [1.54, 1.807) is 23.8 Å². The van der Waals surface area contributed by atoms with Crippen LogP contribution in [0.5, 0.6) is 0 Å². The second-order valence-corrected chi connectivity index (χ2v) is 8.79. The Bertz CT molecular complexity index is 1040. The topological polar surface area (TPSA) is 134 Å². The fraction of sp³-hybridized carbons (Fsp3) is 0.133. The van der Waals surface area contributed by atoms with Gasteiger partial charge in [0.15, 0.2) is 0 Å². The molecule has 0 atom stereocenters. The lowest BCUT2D eigenvalue weighted by molar-refractivity contribution is -0.117. The number of nitrogens with one attached hydrogen (secondary N) is 2. The lowest BCUT2D eigenvalue weighted by atomic mass is 10.2. The van der Waals surface area contributed by atoms with Crippen molar-refractivity contribution in [1.29, 1.82) is 5.53 Å². The number of benzene rings is 2. The first kappa shape index (κ1) is 18.7. The van der Waals surface area contributed by atoms with Gasteiger partial charge < -0.3 is 0 Å². The van der Waals surface area contributed by atoms with Crippen LogP contribution in [0.3, 0.4) is 0 Å². The average molecular weight is 381 g/mol. The van der Waals surface area contributed by atoms with Gasteiger partial charge in [0.25, 0.3) is 10.0 Å². The third kappa shape index (κ3) is 3.91. The van der Waals surface area contributed by atoms with Crippen LogP contribution >= 0.6 is 0 Å². The van der Waals surface area contributed by atoms with E-state index in [0.717, 1.165) is 24.6 Å². The molecule has 0 aliphatic carbocycles. The van der Waals surface area contributed by atoms with Crippen molar-refractivity contribution in [3.63, 3.8) is 0 Å². The maximum Gasteiger partial charge on any atom is 0.265 e. The summed E-state index contributed by atoms with van der Waals surface area (Å²) < 4.78 is 52.1. The van der Waals surface area contributed by atoms with E-state index < -0.39 is 35.6 Å². The van der Waals surface area contributed by atoms with E-state index in [4.69, 9.17) is 5.53 Å². The SMILES string of the molecule is CC(=O)NS(=O)(=O)c1cc(N=N)ccc1S(=O)(=O)c1ccc(C)cc1. The van der Waals surface area contributed by atoms with Crippen molar-refractivity contribution < 1.29 is 21.6 Å². The number of rotatable bonds is 5. The summed E-state index contributed by atoms with van der Waals surface area (Å²) in [5.74, 6) is -0.869. The van der Waals surface area contributed by atoms with Crippen molar-refractivity contribution in [2.75, 3.05) is 0 Å². The fourth-order valence-corrected chi connectivity index (χ4v) is 5.16. The molecule has 25 heavy (non-hydrogen) atoms. The molecule has 0 spiro atoms. The number of carbonyl (C=O) groups is 1. The molecule has 0 heterocycles. The molecule has 1 amide bonds. The van der Waals surface area contributed by atoms with E-state index in [9.17, 15) is 21.6 Å². The van der Waals surface area contributed by atoms with Gasteiger partial charge in [-0.3, -0.25) is 4.79 Å². The van der Waals surface area contributed by atoms with Crippen molar-refractivity contribution in [3.05, 3.63) is 48.0 Å². The van der Waals surface area contributed by atoms with Crippen molar-refractivity contribution >= 4 is 31.5 Å². The van der Waals surface area contributed by atoms with Crippen LogP contribution in [0.1, 0.15) is 12.5 Å². The third-order valence-electron chi connectivity index (χ3n) is 3.24. The molecule has 0 aliphatic heterocycles. The van der Waals surface area contributed by atoms with E-state index in [0.29, 0.717) is 0 Å². The summed E-state index contributed by atoms with van der Waals surface area (Å²) in [6.45, 7) is 2.78. The number of amides is 1. The first-order valence-electron chi connectivity index (χ1n) is 6.94. The first-order chi connectivity index (χ1) is 11.6. The Morgan fingerprint density at radius 2 is 1.60 bits per heavy atom. The molecule has 0 radical (unpaired) electrons. The van der Waals surface area contributed by atoms with Gasteiger partial charge in [0, 0.05) is 6.92 Å². The summed E-state index contributed by atoms with van der Waals surface area (Å²) in [5.41, 5.74) is 7.77. The van der Waals surface area contributed by atoms with E-state index >= 15 is 0 Å². The van der Waals surface area contributed by atoms with Crippen LogP contribution in [0.15, 0.2) is 62.3 Å². The Morgan fingerprint density at radius 1 is 1.00 bits per heavy atom. The lowest BCUT2D eigenvalue weighted by Gasteiger charge is -2.12. The number of sulfonamides is 1. The Hall–Kier alpha value is -2.59. The van der Waals surface area contributed by atoms with Gasteiger partial charge in [-0.1, -0.05) is 17.7 Å². The van der Waals surface area contributed by atoms with E-state index in [2.05, 4.69) is 5.11 Å². The van der Waals surface area contributed by atoms with Gasteiger partial charge in [-0.25, -0.2) is 27.1 Å². The predicted octanol–water partition coefficient (Wildman–Crippen LogP) is 2.32. The zero-order chi connectivity index (χ0) is 18.8. The number of hydrogen-bond acceptors (Lipinski definition) is 7. The molecule has 0 saturated carbocycles. The Morgan fingerprint density at radius 3 is 2.12 bits per heavy atom. The Balaban J connectivity index is 2.75. The summed E-state index contributed by atoms with van der Waals surface area (Å²) in [5, 5.41) is 3.11. The van der Waals surface area contributed by atoms with Gasteiger partial charge in [0.1, 0.15) is 4.90 Å². The van der Waals surface area contributed by atoms with Crippen molar-refractivity contribution in [2.45, 2.75) is 28.5 Å². The Kier molecular flexibility index (Phi) is 5.04. The van der Waals surface area contributed by atoms with Crippen molar-refractivity contribution in [3.8, 4) is 0 Å². The van der Waals surface area contributed by atoms with Gasteiger partial charge in [-0.2, -0.15) is 5.11 Å². The van der Waals surface area contributed by atoms with Crippen LogP contribution < -0.4 is 4.72 Å². The normalized spacial score (nSPS) is 11.8. The van der Waals surface area contributed by atoms with Gasteiger partial charge in [0.05, 0.1) is 15.5 Å². The lowest BCUT2D eigenvalue weighted by Crippen LogP contribution is -2.29. The van der Waals surface area contributed by atoms with Crippen LogP contribution in [0.4, 0.5) is 5.69 Å². The van der Waals surface area contributed by atoms with Gasteiger partial charge in [0.2, 0.25) is 15.7 Å². The monoisotopic (exact) mass is 381 g/mol. The van der Waals surface area contributed by atoms with Crippen molar-refractivity contribution in [1.82, 2.24) is 4.72 Å². The van der Waals surface area contributed by atoms with Gasteiger partial charge in [-0.05, 0) is 37.3 Å². The zero-order valence-electron chi connectivity index (χ0n) is 13.3. The largest absolute Gasteiger partial charge is 0.274 e. The summed E-state index contributed by atoms with van der Waals surface area (Å²) in [7, 11) is -8.61. The highest BCUT2D eigenvalue weighted by Gasteiger charge is 2.29. The standard InChI is InChI=1S/C15H15N3O5S2/c1-10-3-6-13(7-4-10)24(20,21)14-8-5-12(17-16)9-15(14)25(22,23)18-11(2)19/h3-9,16H,1-2H3,(H,18,19). The molecule has 0 fully saturated rings. The minimum absolute atomic E-state index is 0.0632. The molecule has 2 rings (SSSR count). The molecule has 0 aromatic heterocycles. The molecule has 2 aromatic rings. The predicted molar refractivity (Wildman–Crippen MR) is 88.9 cm³/mol. The second-order valence-electron chi connectivity index (χ2n) is 5.22. The number of sulfone groups is 1. The highest BCUT2D eigenvalue weighted by atomic mass is 32.2. The third-order valence-corrected chi connectivity index (χ3v) is 6.67. The molecule has 0 bridgehead atoms. The second kappa shape index (κ2) is 6.73. The average Bonchev–Trinajstić information content (AvgIpc) is 2.53. The first-order valence-corrected chi connectivity index (χ1v) is 9.91. The van der Waals surface area contributed by atoms with Gasteiger partial charge >= 0.3 is 0 Å². The summed E-state index contributed by atoms with van der Waals surface area (Å²) in [6, 6.07) is 9.09. The molecule has 2 aromatic carbocycles. The van der Waals surface area contributed by atoms with E-state index in [-0.39, 0.29) is 10.6 Å². The highest BCUT2D eigenvalue weighted by Crippen LogP contribution is 2.30. The molecular weight excluding hydrogens is 366 g/mol. The zero-order valence-corrected chi connectivity index (χ0v) is 15.0. The minimum atomic E-state index is -4.44. The van der Waals surface area contributed by atoms with E-state index in [1.807, 2.05) is 0 Å². The summed E-state index contributed by atoms with van der Waals surface area (Å²) in [4.78, 5) is 9.92. The van der Waals surface area contributed by atoms with Crippen LogP contribution in [-0.4, -0.2) is 22.7 Å². The molecule has 0 aliphatic rings. The number of aryl methyl sites for hydroxylation is 1. The summed E-state index contributed by atoms with van der Waals surface area (Å²) >= 11 is 0. The summed E-state index contributed by atoms with van der Waals surface area (Å²) in [6.07, 6.45) is 0. The number of carbonyl (C=O) groups excluding carboxylic acids is 1. The number of hydrogen-bond donors (Lipinski definition) is 2. The van der Waals surface area contributed by atoms with Crippen molar-refractivity contribution in [2.24, 2.45) is 5.11 Å². The molecular formula is C15H15N3O5S2.